The molecule has 0 fully saturated rings. The number of benzene rings is 1. The highest BCUT2D eigenvalue weighted by Crippen LogP contribution is 2.24. The maximum atomic E-state index is 12.3. The predicted molar refractivity (Wildman–Crippen MR) is 166 cm³/mol. The highest BCUT2D eigenvalue weighted by molar-refractivity contribution is 6.36. The number of rotatable bonds is 9. The number of pyridine rings is 1. The molecule has 0 aliphatic heterocycles. The van der Waals surface area contributed by atoms with Crippen LogP contribution in [0.15, 0.2) is 64.3 Å². The van der Waals surface area contributed by atoms with Crippen LogP contribution >= 0.6 is 23.2 Å². The van der Waals surface area contributed by atoms with Crippen LogP contribution in [0.2, 0.25) is 0 Å². The molecule has 9 nitrogen and oxygen atoms in total. The first-order valence-electron chi connectivity index (χ1n) is 12.1. The zero-order chi connectivity index (χ0) is 29.8. The maximum Gasteiger partial charge on any atom is 0.251 e. The second-order valence-electron chi connectivity index (χ2n) is 8.20. The summed E-state index contributed by atoms with van der Waals surface area (Å²) in [6.07, 6.45) is 11.6. The highest BCUT2D eigenvalue weighted by atomic mass is 35.5. The number of likely N-dealkylation sites (N-methyl/N-ethyl adjacent to an activating group) is 1. The van der Waals surface area contributed by atoms with Gasteiger partial charge in [-0.05, 0) is 58.1 Å². The van der Waals surface area contributed by atoms with Crippen molar-refractivity contribution in [1.29, 1.82) is 0 Å². The monoisotopic (exact) mass is 574 g/mol. The Morgan fingerprint density at radius 1 is 1.26 bits per heavy atom. The van der Waals surface area contributed by atoms with Crippen LogP contribution in [-0.2, 0) is 0 Å². The minimum absolute atomic E-state index is 0.0857. The lowest BCUT2D eigenvalue weighted by atomic mass is 10.0. The molecule has 0 bridgehead atoms. The molecule has 0 saturated heterocycles. The average molecular weight is 576 g/mol. The molecule has 7 N–H and O–H groups in total. The molecule has 11 heteroatoms. The van der Waals surface area contributed by atoms with E-state index in [0.717, 1.165) is 24.1 Å². The number of hydrogen-bond donors (Lipinski definition) is 4. The lowest BCUT2D eigenvalue weighted by Gasteiger charge is -2.20. The van der Waals surface area contributed by atoms with Gasteiger partial charge in [-0.3, -0.25) is 9.80 Å². The van der Waals surface area contributed by atoms with E-state index in [1.54, 1.807) is 31.3 Å². The summed E-state index contributed by atoms with van der Waals surface area (Å²) >= 11 is 11.5. The van der Waals surface area contributed by atoms with Crippen LogP contribution in [0.1, 0.15) is 43.1 Å². The van der Waals surface area contributed by atoms with Crippen molar-refractivity contribution in [2.45, 2.75) is 27.2 Å². The number of nitrogen functional groups attached to an aromatic ring is 1. The molecule has 0 aliphatic rings. The quantitative estimate of drug-likeness (QED) is 0.0871. The fourth-order valence-corrected chi connectivity index (χ4v) is 3.13. The van der Waals surface area contributed by atoms with E-state index < -0.39 is 0 Å². The number of hydrazine groups is 1. The Morgan fingerprint density at radius 2 is 1.87 bits per heavy atom. The van der Waals surface area contributed by atoms with Gasteiger partial charge in [-0.15, -0.1) is 12.3 Å². The first-order chi connectivity index (χ1) is 18.6. The van der Waals surface area contributed by atoms with Crippen LogP contribution in [0.4, 0.5) is 5.82 Å². The van der Waals surface area contributed by atoms with Crippen LogP contribution < -0.4 is 22.7 Å². The number of nitrogens with zero attached hydrogens (tertiary/aromatic N) is 4. The Kier molecular flexibility index (Phi) is 18.6. The van der Waals surface area contributed by atoms with Crippen molar-refractivity contribution in [2.75, 3.05) is 39.5 Å². The Hall–Kier alpha value is -3.55. The van der Waals surface area contributed by atoms with Crippen molar-refractivity contribution in [3.63, 3.8) is 0 Å². The normalized spacial score (nSPS) is 11.2. The first-order valence-corrected chi connectivity index (χ1v) is 12.9. The fourth-order valence-electron chi connectivity index (χ4n) is 2.93. The summed E-state index contributed by atoms with van der Waals surface area (Å²) in [7, 11) is 3.90. The lowest BCUT2D eigenvalue weighted by molar-refractivity contribution is 0.0951. The van der Waals surface area contributed by atoms with E-state index >= 15 is 0 Å². The summed E-state index contributed by atoms with van der Waals surface area (Å²) in [5, 5.41) is 8.13. The van der Waals surface area contributed by atoms with Crippen molar-refractivity contribution in [3.05, 3.63) is 70.4 Å². The third kappa shape index (κ3) is 13.7. The average Bonchev–Trinajstić information content (AvgIpc) is 2.91. The van der Waals surface area contributed by atoms with E-state index in [-0.39, 0.29) is 24.1 Å². The molecule has 2 rings (SSSR count). The van der Waals surface area contributed by atoms with Crippen molar-refractivity contribution < 1.29 is 4.79 Å². The number of amides is 1. The number of carbonyl (C=O) groups excluding carboxylic acids is 1. The minimum atomic E-state index is -0.134. The van der Waals surface area contributed by atoms with E-state index in [2.05, 4.69) is 46.8 Å². The molecule has 1 amide bonds. The topological polar surface area (TPSA) is 139 Å². The molecular formula is C28H40Cl2N8O. The number of carbonyl (C=O) groups is 1. The SMILES string of the molecule is C#CC.C/C=C\CC.CN(C)CCNC(=O)c1ccc(-c2cnc(N)c(/C(=N/N)N(N)C/C(Cl)=C/Cl)c2)cc1. The molecule has 1 aromatic heterocycles. The summed E-state index contributed by atoms with van der Waals surface area (Å²) in [5.41, 5.74) is 9.79. The van der Waals surface area contributed by atoms with E-state index in [9.17, 15) is 4.79 Å². The second-order valence-corrected chi connectivity index (χ2v) is 8.90. The molecule has 1 aromatic carbocycles. The largest absolute Gasteiger partial charge is 0.383 e. The maximum absolute atomic E-state index is 12.3. The summed E-state index contributed by atoms with van der Waals surface area (Å²) in [4.78, 5) is 18.5. The van der Waals surface area contributed by atoms with E-state index in [1.807, 2.05) is 38.1 Å². The van der Waals surface area contributed by atoms with Gasteiger partial charge in [0.25, 0.3) is 5.91 Å². The number of anilines is 1. The van der Waals surface area contributed by atoms with E-state index in [4.69, 9.17) is 40.6 Å². The standard InChI is InChI=1S/C20H26Cl2N8O.C5H10.C3H4/c1-29(2)8-7-26-20(31)14-5-3-13(4-6-14)15-9-17(18(23)27-11-15)19(28-24)30(25)12-16(22)10-21;1-3-5-4-2;1-3-2/h3-6,9-11H,7-8,12,24-25H2,1-2H3,(H2,23,27)(H,26,31);3,5H,4H2,1-2H3;1H,2H3/b16-10-,28-19-;5-3-;. The Bertz CT molecular complexity index is 1140. The van der Waals surface area contributed by atoms with Gasteiger partial charge in [-0.1, -0.05) is 54.4 Å². The van der Waals surface area contributed by atoms with Crippen LogP contribution in [0.3, 0.4) is 0 Å². The van der Waals surface area contributed by atoms with Gasteiger partial charge in [0.15, 0.2) is 5.84 Å². The van der Waals surface area contributed by atoms with Crippen molar-refractivity contribution >= 4 is 40.8 Å². The van der Waals surface area contributed by atoms with Gasteiger partial charge in [0.2, 0.25) is 0 Å². The summed E-state index contributed by atoms with van der Waals surface area (Å²) in [5.74, 6) is 14.1. The third-order valence-corrected chi connectivity index (χ3v) is 5.39. The molecule has 0 atom stereocenters. The molecule has 1 heterocycles. The number of hydrogen-bond acceptors (Lipinski definition) is 7. The van der Waals surface area contributed by atoms with Gasteiger partial charge in [0.1, 0.15) is 5.82 Å². The number of nitrogens with one attached hydrogen (secondary N) is 1. The Balaban J connectivity index is 0.00000159. The summed E-state index contributed by atoms with van der Waals surface area (Å²) < 4.78 is 0. The van der Waals surface area contributed by atoms with Crippen molar-refractivity contribution in [3.8, 4) is 23.5 Å². The van der Waals surface area contributed by atoms with Crippen LogP contribution in [0.5, 0.6) is 0 Å². The zero-order valence-electron chi connectivity index (χ0n) is 23.3. The Labute approximate surface area is 242 Å². The van der Waals surface area contributed by atoms with Crippen LogP contribution in [-0.4, -0.2) is 60.4 Å². The number of allylic oxidation sites excluding steroid dienone is 2. The molecule has 0 radical (unpaired) electrons. The van der Waals surface area contributed by atoms with Gasteiger partial charge in [-0.2, -0.15) is 5.10 Å². The van der Waals surface area contributed by atoms with Crippen molar-refractivity contribution in [2.24, 2.45) is 16.8 Å². The lowest BCUT2D eigenvalue weighted by Crippen LogP contribution is -2.40. The number of nitrogens with two attached hydrogens (primary N) is 3. The molecule has 39 heavy (non-hydrogen) atoms. The van der Waals surface area contributed by atoms with Gasteiger partial charge >= 0.3 is 0 Å². The fraction of sp³-hybridized carbons (Fsp3) is 0.321. The molecular weight excluding hydrogens is 535 g/mol. The summed E-state index contributed by atoms with van der Waals surface area (Å²) in [6, 6.07) is 8.90. The van der Waals surface area contributed by atoms with Crippen LogP contribution in [0.25, 0.3) is 11.1 Å². The Morgan fingerprint density at radius 3 is 2.33 bits per heavy atom. The summed E-state index contributed by atoms with van der Waals surface area (Å²) in [6.45, 7) is 7.23. The van der Waals surface area contributed by atoms with Crippen LogP contribution in [0, 0.1) is 12.3 Å². The molecule has 2 aromatic rings. The molecule has 0 spiro atoms. The van der Waals surface area contributed by atoms with Gasteiger partial charge in [-0.25, -0.2) is 10.8 Å². The smallest absolute Gasteiger partial charge is 0.251 e. The van der Waals surface area contributed by atoms with Gasteiger partial charge in [0.05, 0.1) is 17.1 Å². The third-order valence-electron chi connectivity index (χ3n) is 4.79. The molecule has 0 saturated carbocycles. The molecule has 212 valence electrons. The van der Waals surface area contributed by atoms with Gasteiger partial charge < -0.3 is 21.8 Å². The number of amidine groups is 1. The van der Waals surface area contributed by atoms with E-state index in [1.165, 1.54) is 10.5 Å². The second kappa shape index (κ2) is 20.4. The number of halogens is 2. The number of hydrazone groups is 1. The van der Waals surface area contributed by atoms with Gasteiger partial charge in [0, 0.05) is 35.9 Å². The zero-order valence-corrected chi connectivity index (χ0v) is 24.8. The highest BCUT2D eigenvalue weighted by Gasteiger charge is 2.17. The first kappa shape index (κ1) is 35.5. The molecule has 0 unspecified atom stereocenters. The predicted octanol–water partition coefficient (Wildman–Crippen LogP) is 4.35. The minimum Gasteiger partial charge on any atom is -0.383 e. The molecule has 0 aliphatic carbocycles. The number of terminal acetylenes is 1. The van der Waals surface area contributed by atoms with Crippen molar-refractivity contribution in [1.82, 2.24) is 20.2 Å². The van der Waals surface area contributed by atoms with E-state index in [0.29, 0.717) is 22.7 Å². The number of aromatic nitrogens is 1.